The first-order valence-corrected chi connectivity index (χ1v) is 10.4. The summed E-state index contributed by atoms with van der Waals surface area (Å²) >= 11 is 0. The quantitative estimate of drug-likeness (QED) is 0.354. The van der Waals surface area contributed by atoms with Crippen molar-refractivity contribution < 1.29 is 19.1 Å². The first-order chi connectivity index (χ1) is 12.7. The number of carbonyl (C=O) groups excluding carboxylic acids is 2. The zero-order valence-electron chi connectivity index (χ0n) is 15.5. The predicted molar refractivity (Wildman–Crippen MR) is 98.1 cm³/mol. The summed E-state index contributed by atoms with van der Waals surface area (Å²) in [6.07, 6.45) is 16.9. The summed E-state index contributed by atoms with van der Waals surface area (Å²) in [6.45, 7) is 1.04. The van der Waals surface area contributed by atoms with Crippen molar-refractivity contribution in [1.29, 1.82) is 0 Å². The number of rotatable bonds is 9. The monoisotopic (exact) mass is 358 g/mol. The van der Waals surface area contributed by atoms with Crippen LogP contribution in [0.1, 0.15) is 51.4 Å². The van der Waals surface area contributed by atoms with Crippen LogP contribution in [-0.4, -0.2) is 25.2 Å². The lowest BCUT2D eigenvalue weighted by Gasteiger charge is -2.17. The molecule has 6 atom stereocenters. The molecule has 26 heavy (non-hydrogen) atoms. The molecule has 0 amide bonds. The number of esters is 2. The Hall–Kier alpha value is -1.58. The molecule has 2 saturated carbocycles. The molecule has 0 N–H and O–H groups in total. The molecule has 0 saturated heterocycles. The fourth-order valence-electron chi connectivity index (χ4n) is 5.22. The largest absolute Gasteiger partial charge is 0.465 e. The van der Waals surface area contributed by atoms with E-state index in [2.05, 4.69) is 24.3 Å². The lowest BCUT2D eigenvalue weighted by Crippen LogP contribution is -2.22. The number of ether oxygens (including phenoxy) is 2. The van der Waals surface area contributed by atoms with E-state index < -0.39 is 0 Å². The fraction of sp³-hybridized carbons (Fsp3) is 0.727. The molecule has 4 heteroatoms. The first-order valence-electron chi connectivity index (χ1n) is 10.4. The highest BCUT2D eigenvalue weighted by Gasteiger charge is 2.41. The van der Waals surface area contributed by atoms with Crippen LogP contribution in [0.2, 0.25) is 0 Å². The highest BCUT2D eigenvalue weighted by atomic mass is 16.5. The van der Waals surface area contributed by atoms with E-state index in [-0.39, 0.29) is 23.8 Å². The third-order valence-electron chi connectivity index (χ3n) is 6.69. The minimum Gasteiger partial charge on any atom is -0.465 e. The molecule has 2 fully saturated rings. The molecular formula is C22H30O4. The molecule has 0 spiro atoms. The van der Waals surface area contributed by atoms with Gasteiger partial charge in [-0.25, -0.2) is 0 Å². The maximum atomic E-state index is 12.1. The fourth-order valence-corrected chi connectivity index (χ4v) is 5.22. The van der Waals surface area contributed by atoms with Crippen LogP contribution < -0.4 is 0 Å². The Morgan fingerprint density at radius 3 is 1.46 bits per heavy atom. The van der Waals surface area contributed by atoms with Gasteiger partial charge in [-0.3, -0.25) is 9.59 Å². The summed E-state index contributed by atoms with van der Waals surface area (Å²) in [7, 11) is 0. The van der Waals surface area contributed by atoms with Gasteiger partial charge in [0.2, 0.25) is 0 Å². The normalized spacial score (nSPS) is 36.0. The zero-order chi connectivity index (χ0) is 17.9. The third-order valence-corrected chi connectivity index (χ3v) is 6.69. The summed E-state index contributed by atoms with van der Waals surface area (Å²) in [5.41, 5.74) is 0. The molecule has 4 rings (SSSR count). The smallest absolute Gasteiger partial charge is 0.309 e. The molecule has 0 aliphatic heterocycles. The van der Waals surface area contributed by atoms with Gasteiger partial charge >= 0.3 is 11.9 Å². The molecular weight excluding hydrogens is 328 g/mol. The van der Waals surface area contributed by atoms with Crippen LogP contribution in [-0.2, 0) is 19.1 Å². The summed E-state index contributed by atoms with van der Waals surface area (Å²) in [5, 5.41) is 0. The highest BCUT2D eigenvalue weighted by Crippen LogP contribution is 2.44. The first kappa shape index (κ1) is 17.8. The van der Waals surface area contributed by atoms with Crippen molar-refractivity contribution in [2.24, 2.45) is 35.5 Å². The molecule has 2 unspecified atom stereocenters. The van der Waals surface area contributed by atoms with E-state index in [0.717, 1.165) is 51.4 Å². The Morgan fingerprint density at radius 2 is 1.12 bits per heavy atom. The van der Waals surface area contributed by atoms with Crippen LogP contribution in [0.4, 0.5) is 0 Å². The van der Waals surface area contributed by atoms with Gasteiger partial charge in [-0.2, -0.15) is 0 Å². The van der Waals surface area contributed by atoms with Crippen LogP contribution in [0.25, 0.3) is 0 Å². The van der Waals surface area contributed by atoms with Crippen LogP contribution >= 0.6 is 0 Å². The Morgan fingerprint density at radius 1 is 0.654 bits per heavy atom. The molecule has 0 aromatic rings. The zero-order valence-corrected chi connectivity index (χ0v) is 15.5. The summed E-state index contributed by atoms with van der Waals surface area (Å²) in [4.78, 5) is 24.2. The van der Waals surface area contributed by atoms with E-state index in [4.69, 9.17) is 9.47 Å². The topological polar surface area (TPSA) is 52.6 Å². The minimum atomic E-state index is -0.00399. The predicted octanol–water partition coefficient (Wildman–Crippen LogP) is 4.06. The van der Waals surface area contributed by atoms with Crippen molar-refractivity contribution in [3.05, 3.63) is 24.3 Å². The van der Waals surface area contributed by atoms with Crippen LogP contribution in [0.5, 0.6) is 0 Å². The maximum absolute atomic E-state index is 12.1. The average molecular weight is 358 g/mol. The lowest BCUT2D eigenvalue weighted by atomic mass is 9.94. The van der Waals surface area contributed by atoms with Crippen molar-refractivity contribution in [3.8, 4) is 0 Å². The molecule has 142 valence electrons. The third kappa shape index (κ3) is 3.89. The second-order valence-corrected chi connectivity index (χ2v) is 8.52. The van der Waals surface area contributed by atoms with E-state index >= 15 is 0 Å². The maximum Gasteiger partial charge on any atom is 0.309 e. The Bertz CT molecular complexity index is 541. The number of fused-ring (bicyclic) bond motifs is 4. The Kier molecular flexibility index (Phi) is 5.46. The molecule has 0 aromatic heterocycles. The molecule has 0 radical (unpaired) electrons. The molecule has 4 nitrogen and oxygen atoms in total. The van der Waals surface area contributed by atoms with Crippen molar-refractivity contribution >= 4 is 11.9 Å². The van der Waals surface area contributed by atoms with E-state index in [9.17, 15) is 9.59 Å². The highest BCUT2D eigenvalue weighted by molar-refractivity contribution is 5.74. The molecule has 4 aliphatic carbocycles. The van der Waals surface area contributed by atoms with Crippen molar-refractivity contribution in [2.45, 2.75) is 51.4 Å². The second kappa shape index (κ2) is 7.98. The van der Waals surface area contributed by atoms with Crippen molar-refractivity contribution in [2.75, 3.05) is 13.2 Å². The standard InChI is InChI=1S/C22H30O4/c23-21(19-13-15-5-7-17(19)11-15)25-9-3-1-2-4-10-26-22(24)20-14-16-6-8-18(20)12-16/h5-8,15-20H,1-4,9-14H2/t15-,16?,17+,18?,19-,20+/m1/s1. The van der Waals surface area contributed by atoms with Gasteiger partial charge in [0.1, 0.15) is 0 Å². The van der Waals surface area contributed by atoms with Crippen molar-refractivity contribution in [3.63, 3.8) is 0 Å². The van der Waals surface area contributed by atoms with Crippen LogP contribution in [0.3, 0.4) is 0 Å². The van der Waals surface area contributed by atoms with Gasteiger partial charge < -0.3 is 9.47 Å². The summed E-state index contributed by atoms with van der Waals surface area (Å²) in [5.74, 6) is 2.26. The number of hydrogen-bond acceptors (Lipinski definition) is 4. The number of allylic oxidation sites excluding steroid dienone is 4. The van der Waals surface area contributed by atoms with Crippen LogP contribution in [0.15, 0.2) is 24.3 Å². The van der Waals surface area contributed by atoms with Gasteiger partial charge in [0.25, 0.3) is 0 Å². The summed E-state index contributed by atoms with van der Waals surface area (Å²) in [6, 6.07) is 0. The van der Waals surface area contributed by atoms with Gasteiger partial charge in [0.15, 0.2) is 0 Å². The van der Waals surface area contributed by atoms with Crippen LogP contribution in [0, 0.1) is 35.5 Å². The molecule has 4 aliphatic rings. The molecule has 4 bridgehead atoms. The lowest BCUT2D eigenvalue weighted by molar-refractivity contribution is -0.150. The number of hydrogen-bond donors (Lipinski definition) is 0. The van der Waals surface area contributed by atoms with E-state index in [1.807, 2.05) is 0 Å². The van der Waals surface area contributed by atoms with E-state index in [1.165, 1.54) is 0 Å². The van der Waals surface area contributed by atoms with Gasteiger partial charge in [0, 0.05) is 0 Å². The van der Waals surface area contributed by atoms with Gasteiger partial charge in [0.05, 0.1) is 25.0 Å². The Balaban J connectivity index is 1.01. The SMILES string of the molecule is O=C(OCCCCCCOC(=O)[C@@H]1C[C@@H]2C=C[C@H]1C2)[C@H]1CC2C=CC1C2. The van der Waals surface area contributed by atoms with Gasteiger partial charge in [-0.15, -0.1) is 0 Å². The number of carbonyl (C=O) groups is 2. The van der Waals surface area contributed by atoms with Crippen molar-refractivity contribution in [1.82, 2.24) is 0 Å². The Labute approximate surface area is 156 Å². The second-order valence-electron chi connectivity index (χ2n) is 8.52. The minimum absolute atomic E-state index is 0.00399. The molecule has 0 aromatic carbocycles. The van der Waals surface area contributed by atoms with E-state index in [1.54, 1.807) is 0 Å². The van der Waals surface area contributed by atoms with Gasteiger partial charge in [-0.1, -0.05) is 24.3 Å². The summed E-state index contributed by atoms with van der Waals surface area (Å²) < 4.78 is 10.9. The average Bonchev–Trinajstić information content (AvgIpc) is 3.43. The molecule has 0 heterocycles. The number of unbranched alkanes of at least 4 members (excludes halogenated alkanes) is 3. The van der Waals surface area contributed by atoms with Gasteiger partial charge in [-0.05, 0) is 75.0 Å². The van der Waals surface area contributed by atoms with E-state index in [0.29, 0.717) is 36.9 Å².